The highest BCUT2D eigenvalue weighted by Crippen LogP contribution is 2.38. The van der Waals surface area contributed by atoms with Crippen LogP contribution in [-0.2, 0) is 4.79 Å². The third kappa shape index (κ3) is 3.86. The first-order valence-corrected chi connectivity index (χ1v) is 9.66. The zero-order valence-corrected chi connectivity index (χ0v) is 17.7. The van der Waals surface area contributed by atoms with E-state index >= 15 is 0 Å². The number of ether oxygens (including phenoxy) is 4. The number of rotatable bonds is 7. The normalized spacial score (nSPS) is 15.8. The van der Waals surface area contributed by atoms with E-state index in [1.807, 2.05) is 6.07 Å². The summed E-state index contributed by atoms with van der Waals surface area (Å²) in [6.45, 7) is 0.412. The maximum absolute atomic E-state index is 12.7. The number of carbonyl (C=O) groups is 1. The molecule has 9 nitrogen and oxygen atoms in total. The van der Waals surface area contributed by atoms with E-state index in [1.165, 1.54) is 0 Å². The molecule has 0 saturated carbocycles. The van der Waals surface area contributed by atoms with E-state index < -0.39 is 0 Å². The minimum atomic E-state index is -0.222. The summed E-state index contributed by atoms with van der Waals surface area (Å²) >= 11 is 0. The molecular weight excluding hydrogens is 402 g/mol. The lowest BCUT2D eigenvalue weighted by Crippen LogP contribution is -2.24. The molecule has 0 spiro atoms. The van der Waals surface area contributed by atoms with Crippen molar-refractivity contribution in [2.75, 3.05) is 39.9 Å². The molecule has 0 N–H and O–H groups in total. The lowest BCUT2D eigenvalue weighted by atomic mass is 10.1. The first-order valence-electron chi connectivity index (χ1n) is 9.66. The first kappa shape index (κ1) is 20.5. The largest absolute Gasteiger partial charge is 0.497 e. The average Bonchev–Trinajstić information content (AvgIpc) is 3.45. The Morgan fingerprint density at radius 1 is 0.935 bits per heavy atom. The molecule has 0 radical (unpaired) electrons. The highest BCUT2D eigenvalue weighted by atomic mass is 16.5. The molecule has 3 aromatic rings. The standard InChI is InChI=1S/C22H23N3O6/c1-27-15-6-7-16(18(11-15)29-3)25-12-14(10-20(25)26)22-23-21(24-31-22)13-5-8-17(28-2)19(9-13)30-4/h5-9,11,14H,10,12H2,1-4H3. The van der Waals surface area contributed by atoms with Gasteiger partial charge in [0.15, 0.2) is 11.5 Å². The van der Waals surface area contributed by atoms with E-state index in [-0.39, 0.29) is 18.2 Å². The summed E-state index contributed by atoms with van der Waals surface area (Å²) in [6, 6.07) is 10.7. The lowest BCUT2D eigenvalue weighted by Gasteiger charge is -2.19. The maximum Gasteiger partial charge on any atom is 0.232 e. The number of hydrogen-bond acceptors (Lipinski definition) is 8. The van der Waals surface area contributed by atoms with Crippen molar-refractivity contribution >= 4 is 11.6 Å². The summed E-state index contributed by atoms with van der Waals surface area (Å²) in [5.41, 5.74) is 1.40. The molecule has 0 bridgehead atoms. The summed E-state index contributed by atoms with van der Waals surface area (Å²) in [5.74, 6) is 2.96. The topological polar surface area (TPSA) is 96.2 Å². The zero-order valence-electron chi connectivity index (χ0n) is 17.7. The number of benzene rings is 2. The fourth-order valence-electron chi connectivity index (χ4n) is 3.61. The van der Waals surface area contributed by atoms with E-state index in [1.54, 1.807) is 63.7 Å². The van der Waals surface area contributed by atoms with Gasteiger partial charge in [0.25, 0.3) is 0 Å². The fourth-order valence-corrected chi connectivity index (χ4v) is 3.61. The zero-order chi connectivity index (χ0) is 22.0. The lowest BCUT2D eigenvalue weighted by molar-refractivity contribution is -0.117. The van der Waals surface area contributed by atoms with Gasteiger partial charge < -0.3 is 28.4 Å². The second-order valence-corrected chi connectivity index (χ2v) is 6.97. The van der Waals surface area contributed by atoms with Crippen LogP contribution in [0.15, 0.2) is 40.9 Å². The van der Waals surface area contributed by atoms with Crippen LogP contribution in [0.3, 0.4) is 0 Å². The fraction of sp³-hybridized carbons (Fsp3) is 0.318. The van der Waals surface area contributed by atoms with E-state index in [2.05, 4.69) is 10.1 Å². The van der Waals surface area contributed by atoms with Gasteiger partial charge in [-0.2, -0.15) is 4.98 Å². The second kappa shape index (κ2) is 8.55. The molecular formula is C22H23N3O6. The Morgan fingerprint density at radius 2 is 1.71 bits per heavy atom. The Labute approximate surface area is 179 Å². The van der Waals surface area contributed by atoms with Gasteiger partial charge in [0.05, 0.1) is 40.0 Å². The predicted octanol–water partition coefficient (Wildman–Crippen LogP) is 3.29. The molecule has 1 saturated heterocycles. The minimum Gasteiger partial charge on any atom is -0.497 e. The monoisotopic (exact) mass is 425 g/mol. The van der Waals surface area contributed by atoms with E-state index in [9.17, 15) is 4.79 Å². The first-order chi connectivity index (χ1) is 15.1. The van der Waals surface area contributed by atoms with Crippen LogP contribution in [0.2, 0.25) is 0 Å². The van der Waals surface area contributed by atoms with Crippen molar-refractivity contribution in [2.24, 2.45) is 0 Å². The van der Waals surface area contributed by atoms with Crippen molar-refractivity contribution in [1.82, 2.24) is 10.1 Å². The summed E-state index contributed by atoms with van der Waals surface area (Å²) in [7, 11) is 6.28. The highest BCUT2D eigenvalue weighted by Gasteiger charge is 2.36. The van der Waals surface area contributed by atoms with E-state index in [4.69, 9.17) is 23.5 Å². The predicted molar refractivity (Wildman–Crippen MR) is 112 cm³/mol. The van der Waals surface area contributed by atoms with Gasteiger partial charge in [-0.1, -0.05) is 5.16 Å². The molecule has 2 heterocycles. The molecule has 162 valence electrons. The average molecular weight is 425 g/mol. The van der Waals surface area contributed by atoms with Crippen LogP contribution in [0.4, 0.5) is 5.69 Å². The van der Waals surface area contributed by atoms with Crippen LogP contribution in [0.25, 0.3) is 11.4 Å². The van der Waals surface area contributed by atoms with Gasteiger partial charge in [-0.3, -0.25) is 4.79 Å². The molecule has 1 unspecified atom stereocenters. The van der Waals surface area contributed by atoms with E-state index in [0.717, 1.165) is 5.56 Å². The molecule has 2 aromatic carbocycles. The van der Waals surface area contributed by atoms with Gasteiger partial charge in [0.1, 0.15) is 11.5 Å². The molecule has 1 aliphatic rings. The van der Waals surface area contributed by atoms with Crippen LogP contribution >= 0.6 is 0 Å². The summed E-state index contributed by atoms with van der Waals surface area (Å²) in [6.07, 6.45) is 0.267. The van der Waals surface area contributed by atoms with Gasteiger partial charge in [-0.25, -0.2) is 0 Å². The molecule has 1 aromatic heterocycles. The number of carbonyl (C=O) groups excluding carboxylic acids is 1. The number of amides is 1. The molecule has 1 atom stereocenters. The van der Waals surface area contributed by atoms with E-state index in [0.29, 0.717) is 46.9 Å². The van der Waals surface area contributed by atoms with Crippen molar-refractivity contribution in [2.45, 2.75) is 12.3 Å². The van der Waals surface area contributed by atoms with Crippen LogP contribution < -0.4 is 23.8 Å². The minimum absolute atomic E-state index is 0.0423. The Balaban J connectivity index is 1.56. The number of nitrogens with zero attached hydrogens (tertiary/aromatic N) is 3. The Hall–Kier alpha value is -3.75. The second-order valence-electron chi connectivity index (χ2n) is 6.97. The van der Waals surface area contributed by atoms with Gasteiger partial charge >= 0.3 is 0 Å². The van der Waals surface area contributed by atoms with Crippen LogP contribution in [-0.4, -0.2) is 51.0 Å². The third-order valence-corrected chi connectivity index (χ3v) is 5.24. The quantitative estimate of drug-likeness (QED) is 0.569. The summed E-state index contributed by atoms with van der Waals surface area (Å²) < 4.78 is 26.8. The third-order valence-electron chi connectivity index (χ3n) is 5.24. The van der Waals surface area contributed by atoms with Crippen molar-refractivity contribution in [3.63, 3.8) is 0 Å². The molecule has 1 fully saturated rings. The van der Waals surface area contributed by atoms with Gasteiger partial charge in [-0.15, -0.1) is 0 Å². The SMILES string of the molecule is COc1ccc(N2CC(c3nc(-c4ccc(OC)c(OC)c4)no3)CC2=O)c(OC)c1. The van der Waals surface area contributed by atoms with Crippen LogP contribution in [0.5, 0.6) is 23.0 Å². The Kier molecular flexibility index (Phi) is 5.66. The van der Waals surface area contributed by atoms with Crippen molar-refractivity contribution in [1.29, 1.82) is 0 Å². The van der Waals surface area contributed by atoms with Crippen molar-refractivity contribution in [3.05, 3.63) is 42.3 Å². The smallest absolute Gasteiger partial charge is 0.232 e. The van der Waals surface area contributed by atoms with Gasteiger partial charge in [-0.05, 0) is 30.3 Å². The van der Waals surface area contributed by atoms with Crippen molar-refractivity contribution in [3.8, 4) is 34.4 Å². The molecule has 0 aliphatic carbocycles. The highest BCUT2D eigenvalue weighted by molar-refractivity contribution is 5.97. The van der Waals surface area contributed by atoms with Crippen molar-refractivity contribution < 1.29 is 28.3 Å². The molecule has 1 amide bonds. The van der Waals surface area contributed by atoms with Gasteiger partial charge in [0, 0.05) is 24.6 Å². The Morgan fingerprint density at radius 3 is 2.42 bits per heavy atom. The maximum atomic E-state index is 12.7. The number of hydrogen-bond donors (Lipinski definition) is 0. The molecule has 4 rings (SSSR count). The summed E-state index contributed by atoms with van der Waals surface area (Å²) in [5, 5.41) is 4.09. The Bertz CT molecular complexity index is 1100. The summed E-state index contributed by atoms with van der Waals surface area (Å²) in [4.78, 5) is 18.9. The van der Waals surface area contributed by atoms with Crippen LogP contribution in [0, 0.1) is 0 Å². The molecule has 31 heavy (non-hydrogen) atoms. The molecule has 9 heteroatoms. The number of anilines is 1. The van der Waals surface area contributed by atoms with Crippen LogP contribution in [0.1, 0.15) is 18.2 Å². The molecule has 1 aliphatic heterocycles. The number of aromatic nitrogens is 2. The number of methoxy groups -OCH3 is 4. The van der Waals surface area contributed by atoms with Gasteiger partial charge in [0.2, 0.25) is 17.6 Å².